The zero-order valence-electron chi connectivity index (χ0n) is 19.8. The average molecular weight is 468 g/mol. The molecular weight excluding hydrogens is 426 g/mol. The van der Waals surface area contributed by atoms with E-state index in [0.29, 0.717) is 6.42 Å². The molecule has 0 radical (unpaired) electrons. The van der Waals surface area contributed by atoms with Crippen molar-refractivity contribution in [3.05, 3.63) is 30.4 Å². The molecule has 0 saturated heterocycles. The van der Waals surface area contributed by atoms with Crippen LogP contribution in [-0.2, 0) is 14.9 Å². The lowest BCUT2D eigenvalue weighted by Gasteiger charge is -2.11. The zero-order chi connectivity index (χ0) is 23.7. The third kappa shape index (κ3) is 12.9. The molecule has 0 unspecified atom stereocenters. The lowest BCUT2D eigenvalue weighted by Crippen LogP contribution is -2.14. The monoisotopic (exact) mass is 467 g/mol. The van der Waals surface area contributed by atoms with Crippen LogP contribution in [-0.4, -0.2) is 26.0 Å². The number of carbonyl (C=O) groups excluding carboxylic acids is 1. The Kier molecular flexibility index (Phi) is 14.7. The van der Waals surface area contributed by atoms with Crippen LogP contribution >= 0.6 is 0 Å². The Hall–Kier alpha value is -1.86. The van der Waals surface area contributed by atoms with E-state index in [2.05, 4.69) is 24.4 Å². The number of nitrogens with one attached hydrogen (secondary N) is 1. The fourth-order valence-corrected chi connectivity index (χ4v) is 4.18. The SMILES string of the molecule is CCCCCCCC/C=C\CCCCCCCC(=O)Nc1ccc(OC)cc1S(=O)(=O)O. The molecule has 0 saturated carbocycles. The highest BCUT2D eigenvalue weighted by Gasteiger charge is 2.18. The summed E-state index contributed by atoms with van der Waals surface area (Å²) in [5.74, 6) is 0.0190. The van der Waals surface area contributed by atoms with Crippen molar-refractivity contribution in [3.63, 3.8) is 0 Å². The van der Waals surface area contributed by atoms with E-state index in [-0.39, 0.29) is 22.2 Å². The molecule has 32 heavy (non-hydrogen) atoms. The van der Waals surface area contributed by atoms with Crippen molar-refractivity contribution in [2.45, 2.75) is 102 Å². The number of methoxy groups -OCH3 is 1. The number of carbonyl (C=O) groups is 1. The van der Waals surface area contributed by atoms with E-state index in [1.54, 1.807) is 0 Å². The molecule has 1 amide bonds. The summed E-state index contributed by atoms with van der Waals surface area (Å²) < 4.78 is 37.5. The van der Waals surface area contributed by atoms with E-state index in [0.717, 1.165) is 32.1 Å². The molecule has 0 fully saturated rings. The normalized spacial score (nSPS) is 11.7. The molecule has 182 valence electrons. The summed E-state index contributed by atoms with van der Waals surface area (Å²) in [6, 6.07) is 4.14. The van der Waals surface area contributed by atoms with Crippen molar-refractivity contribution in [3.8, 4) is 5.75 Å². The third-order valence-electron chi connectivity index (χ3n) is 5.41. The Bertz CT molecular complexity index is 790. The van der Waals surface area contributed by atoms with Crippen LogP contribution in [0.15, 0.2) is 35.2 Å². The summed E-state index contributed by atoms with van der Waals surface area (Å²) in [6.07, 6.45) is 20.4. The number of benzene rings is 1. The third-order valence-corrected chi connectivity index (χ3v) is 6.30. The Morgan fingerprint density at radius 2 is 1.50 bits per heavy atom. The maximum absolute atomic E-state index is 12.2. The second kappa shape index (κ2) is 16.7. The molecule has 0 aliphatic carbocycles. The molecule has 0 atom stereocenters. The van der Waals surface area contributed by atoms with Gasteiger partial charge in [-0.15, -0.1) is 0 Å². The molecule has 0 aromatic heterocycles. The van der Waals surface area contributed by atoms with E-state index in [1.165, 1.54) is 76.7 Å². The number of unbranched alkanes of at least 4 members (excludes halogenated alkanes) is 11. The average Bonchev–Trinajstić information content (AvgIpc) is 2.76. The van der Waals surface area contributed by atoms with Gasteiger partial charge in [-0.05, 0) is 44.2 Å². The van der Waals surface area contributed by atoms with Crippen LogP contribution in [0.3, 0.4) is 0 Å². The van der Waals surface area contributed by atoms with Crippen molar-refractivity contribution in [1.29, 1.82) is 0 Å². The largest absolute Gasteiger partial charge is 0.497 e. The summed E-state index contributed by atoms with van der Waals surface area (Å²) >= 11 is 0. The molecule has 1 aromatic carbocycles. The van der Waals surface area contributed by atoms with Gasteiger partial charge in [-0.25, -0.2) is 0 Å². The van der Waals surface area contributed by atoms with Crippen LogP contribution in [0, 0.1) is 0 Å². The second-order valence-electron chi connectivity index (χ2n) is 8.22. The number of anilines is 1. The maximum atomic E-state index is 12.2. The molecule has 7 heteroatoms. The smallest absolute Gasteiger partial charge is 0.296 e. The van der Waals surface area contributed by atoms with Crippen molar-refractivity contribution in [2.24, 2.45) is 0 Å². The first-order valence-electron chi connectivity index (χ1n) is 12.0. The van der Waals surface area contributed by atoms with Gasteiger partial charge in [-0.3, -0.25) is 9.35 Å². The standard InChI is InChI=1S/C25H41NO5S/c1-3-4-5-6-7-8-9-10-11-12-13-14-15-16-17-18-25(27)26-23-20-19-22(31-2)21-24(23)32(28,29)30/h10-11,19-21H,3-9,12-18H2,1-2H3,(H,26,27)(H,28,29,30)/b11-10-. The van der Waals surface area contributed by atoms with Gasteiger partial charge in [0.15, 0.2) is 0 Å². The summed E-state index contributed by atoms with van der Waals surface area (Å²) in [5.41, 5.74) is 0.0612. The number of ether oxygens (including phenoxy) is 1. The van der Waals surface area contributed by atoms with E-state index in [9.17, 15) is 17.8 Å². The first-order valence-corrected chi connectivity index (χ1v) is 13.4. The molecular formula is C25H41NO5S. The number of allylic oxidation sites excluding steroid dienone is 2. The fourth-order valence-electron chi connectivity index (χ4n) is 3.52. The number of amides is 1. The lowest BCUT2D eigenvalue weighted by molar-refractivity contribution is -0.116. The minimum Gasteiger partial charge on any atom is -0.497 e. The van der Waals surface area contributed by atoms with E-state index in [4.69, 9.17) is 4.74 Å². The van der Waals surface area contributed by atoms with Crippen LogP contribution in [0.2, 0.25) is 0 Å². The molecule has 1 aromatic rings. The minimum absolute atomic E-state index is 0.0612. The van der Waals surface area contributed by atoms with Gasteiger partial charge >= 0.3 is 0 Å². The number of hydrogen-bond donors (Lipinski definition) is 2. The summed E-state index contributed by atoms with van der Waals surface area (Å²) in [7, 11) is -3.07. The van der Waals surface area contributed by atoms with E-state index < -0.39 is 10.1 Å². The molecule has 2 N–H and O–H groups in total. The van der Waals surface area contributed by atoms with Gasteiger partial charge in [0.05, 0.1) is 12.8 Å². The minimum atomic E-state index is -4.46. The van der Waals surface area contributed by atoms with Crippen LogP contribution < -0.4 is 10.1 Å². The van der Waals surface area contributed by atoms with Gasteiger partial charge in [0.25, 0.3) is 10.1 Å². The predicted molar refractivity (Wildman–Crippen MR) is 131 cm³/mol. The van der Waals surface area contributed by atoms with Crippen molar-refractivity contribution >= 4 is 21.7 Å². The van der Waals surface area contributed by atoms with Crippen LogP contribution in [0.4, 0.5) is 5.69 Å². The highest BCUT2D eigenvalue weighted by atomic mass is 32.2. The lowest BCUT2D eigenvalue weighted by atomic mass is 10.1. The maximum Gasteiger partial charge on any atom is 0.296 e. The Morgan fingerprint density at radius 3 is 2.06 bits per heavy atom. The zero-order valence-corrected chi connectivity index (χ0v) is 20.6. The first-order chi connectivity index (χ1) is 15.4. The molecule has 0 aliphatic heterocycles. The quantitative estimate of drug-likeness (QED) is 0.139. The fraction of sp³-hybridized carbons (Fsp3) is 0.640. The Labute approximate surface area is 194 Å². The van der Waals surface area contributed by atoms with Gasteiger partial charge in [0.1, 0.15) is 10.6 Å². The predicted octanol–water partition coefficient (Wildman–Crippen LogP) is 6.92. The molecule has 1 rings (SSSR count). The highest BCUT2D eigenvalue weighted by Crippen LogP contribution is 2.26. The molecule has 6 nitrogen and oxygen atoms in total. The van der Waals surface area contributed by atoms with E-state index >= 15 is 0 Å². The van der Waals surface area contributed by atoms with Crippen molar-refractivity contribution in [2.75, 3.05) is 12.4 Å². The number of hydrogen-bond acceptors (Lipinski definition) is 4. The summed E-state index contributed by atoms with van der Waals surface area (Å²) in [4.78, 5) is 11.8. The summed E-state index contributed by atoms with van der Waals surface area (Å²) in [6.45, 7) is 2.24. The van der Waals surface area contributed by atoms with Crippen LogP contribution in [0.5, 0.6) is 5.75 Å². The molecule has 0 spiro atoms. The topological polar surface area (TPSA) is 92.7 Å². The van der Waals surface area contributed by atoms with Gasteiger partial charge < -0.3 is 10.1 Å². The van der Waals surface area contributed by atoms with Crippen LogP contribution in [0.25, 0.3) is 0 Å². The van der Waals surface area contributed by atoms with Crippen LogP contribution in [0.1, 0.15) is 96.8 Å². The molecule has 0 heterocycles. The molecule has 0 bridgehead atoms. The van der Waals surface area contributed by atoms with Crippen molar-refractivity contribution in [1.82, 2.24) is 0 Å². The van der Waals surface area contributed by atoms with Gasteiger partial charge in [0, 0.05) is 12.5 Å². The van der Waals surface area contributed by atoms with Gasteiger partial charge in [-0.1, -0.05) is 70.4 Å². The summed E-state index contributed by atoms with van der Waals surface area (Å²) in [5, 5.41) is 2.58. The Balaban J connectivity index is 2.13. The molecule has 0 aliphatic rings. The van der Waals surface area contributed by atoms with Crippen molar-refractivity contribution < 1.29 is 22.5 Å². The first kappa shape index (κ1) is 28.2. The highest BCUT2D eigenvalue weighted by molar-refractivity contribution is 7.86. The van der Waals surface area contributed by atoms with Gasteiger partial charge in [0.2, 0.25) is 5.91 Å². The second-order valence-corrected chi connectivity index (χ2v) is 9.61. The van der Waals surface area contributed by atoms with Gasteiger partial charge in [-0.2, -0.15) is 8.42 Å². The number of rotatable bonds is 18. The Morgan fingerprint density at radius 1 is 0.938 bits per heavy atom. The van der Waals surface area contributed by atoms with E-state index in [1.807, 2.05) is 0 Å².